The van der Waals surface area contributed by atoms with Crippen LogP contribution in [0.4, 0.5) is 13.2 Å². The van der Waals surface area contributed by atoms with Crippen molar-refractivity contribution in [2.45, 2.75) is 102 Å². The quantitative estimate of drug-likeness (QED) is 0.0677. The van der Waals surface area contributed by atoms with Gasteiger partial charge < -0.3 is 29.2 Å². The van der Waals surface area contributed by atoms with E-state index in [9.17, 15) is 22.8 Å². The van der Waals surface area contributed by atoms with Gasteiger partial charge in [-0.15, -0.1) is 0 Å². The second kappa shape index (κ2) is 19.9. The number of unbranched alkanes of at least 4 members (excludes halogenated alkanes) is 1. The van der Waals surface area contributed by atoms with Crippen LogP contribution in [-0.2, 0) is 25.5 Å². The maximum absolute atomic E-state index is 12.5. The maximum Gasteiger partial charge on any atom is 0.389 e. The summed E-state index contributed by atoms with van der Waals surface area (Å²) in [6.45, 7) is 7.07. The summed E-state index contributed by atoms with van der Waals surface area (Å²) in [5, 5.41) is 18.3. The van der Waals surface area contributed by atoms with Crippen molar-refractivity contribution in [3.63, 3.8) is 0 Å². The molecule has 2 aliphatic carbocycles. The second-order valence-electron chi connectivity index (χ2n) is 14.1. The normalized spacial score (nSPS) is 20.5. The number of carbonyl (C=O) groups excluding carboxylic acids is 2. The van der Waals surface area contributed by atoms with E-state index in [4.69, 9.17) is 29.2 Å². The van der Waals surface area contributed by atoms with Crippen LogP contribution in [-0.4, -0.2) is 55.1 Å². The van der Waals surface area contributed by atoms with Crippen LogP contribution in [0.25, 0.3) is 11.1 Å². The molecule has 2 aromatic carbocycles. The molecule has 0 unspecified atom stereocenters. The van der Waals surface area contributed by atoms with Gasteiger partial charge in [0.15, 0.2) is 0 Å². The third-order valence-electron chi connectivity index (χ3n) is 10.6. The molecule has 2 aliphatic rings. The summed E-state index contributed by atoms with van der Waals surface area (Å²) in [5.74, 6) is 1.59. The van der Waals surface area contributed by atoms with E-state index >= 15 is 0 Å². The highest BCUT2D eigenvalue weighted by molar-refractivity contribution is 5.88. The standard InChI is InChI=1S/C41H53F3O8/c1-4-30-19-34(33-14-12-32(13-15-33)31-10-8-29(9-11-31)7-5-6-18-41(42,43)44)16-17-38(30)35-20-36(49-25-51-39(47)27(2)23-45)22-37(21-35)50-26-52-40(48)28(3)24-46/h16-17,19-22,29,31-33,45-46H,2-15,18,23-26H2,1H3. The molecule has 2 N–H and O–H groups in total. The Balaban J connectivity index is 1.38. The Morgan fingerprint density at radius 1 is 0.769 bits per heavy atom. The first kappa shape index (κ1) is 40.9. The van der Waals surface area contributed by atoms with Gasteiger partial charge >= 0.3 is 18.1 Å². The van der Waals surface area contributed by atoms with E-state index < -0.39 is 51.3 Å². The van der Waals surface area contributed by atoms with Gasteiger partial charge in [-0.25, -0.2) is 9.59 Å². The highest BCUT2D eigenvalue weighted by Crippen LogP contribution is 2.45. The van der Waals surface area contributed by atoms with Crippen molar-refractivity contribution in [3.05, 3.63) is 71.8 Å². The van der Waals surface area contributed by atoms with Crippen molar-refractivity contribution in [3.8, 4) is 22.6 Å². The highest BCUT2D eigenvalue weighted by atomic mass is 19.4. The summed E-state index contributed by atoms with van der Waals surface area (Å²) in [6.07, 6.45) is 7.25. The molecular weight excluding hydrogens is 677 g/mol. The van der Waals surface area contributed by atoms with Gasteiger partial charge in [-0.3, -0.25) is 0 Å². The minimum atomic E-state index is -4.05. The number of aliphatic hydroxyl groups excluding tert-OH is 2. The second-order valence-corrected chi connectivity index (χ2v) is 14.1. The molecule has 0 atom stereocenters. The zero-order chi connectivity index (χ0) is 37.7. The third-order valence-corrected chi connectivity index (χ3v) is 10.6. The van der Waals surface area contributed by atoms with Crippen LogP contribution in [0.5, 0.6) is 11.5 Å². The Hall–Kier alpha value is -3.83. The van der Waals surface area contributed by atoms with Crippen molar-refractivity contribution in [2.75, 3.05) is 26.8 Å². The summed E-state index contributed by atoms with van der Waals surface area (Å²) in [4.78, 5) is 23.9. The lowest BCUT2D eigenvalue weighted by Gasteiger charge is -2.38. The van der Waals surface area contributed by atoms with Gasteiger partial charge in [0.05, 0.1) is 24.4 Å². The van der Waals surface area contributed by atoms with Crippen molar-refractivity contribution in [1.29, 1.82) is 0 Å². The molecule has 0 amide bonds. The lowest BCUT2D eigenvalue weighted by atomic mass is 9.68. The minimum absolute atomic E-state index is 0.102. The molecule has 0 bridgehead atoms. The summed E-state index contributed by atoms with van der Waals surface area (Å²) in [5.41, 5.74) is 4.02. The van der Waals surface area contributed by atoms with E-state index in [1.54, 1.807) is 18.2 Å². The molecule has 0 spiro atoms. The zero-order valence-corrected chi connectivity index (χ0v) is 30.2. The van der Waals surface area contributed by atoms with Gasteiger partial charge in [-0.05, 0) is 109 Å². The molecule has 0 radical (unpaired) electrons. The molecule has 8 nitrogen and oxygen atoms in total. The topological polar surface area (TPSA) is 112 Å². The number of hydrogen-bond donors (Lipinski definition) is 2. The number of ether oxygens (including phenoxy) is 4. The lowest BCUT2D eigenvalue weighted by Crippen LogP contribution is -2.25. The lowest BCUT2D eigenvalue weighted by molar-refractivity contribution is -0.146. The SMILES string of the molecule is C=C(CO)C(=O)OCOc1cc(OCOC(=O)C(=C)CO)cc(-c2ccc(C3CCC(C4CCC(CCCCC(F)(F)F)CC4)CC3)cc2CC)c1. The van der Waals surface area contributed by atoms with Gasteiger partial charge in [0.25, 0.3) is 0 Å². The van der Waals surface area contributed by atoms with Crippen LogP contribution in [0.15, 0.2) is 60.7 Å². The first-order chi connectivity index (χ1) is 24.9. The largest absolute Gasteiger partial charge is 0.457 e. The number of alkyl halides is 3. The summed E-state index contributed by atoms with van der Waals surface area (Å²) < 4.78 is 58.9. The van der Waals surface area contributed by atoms with E-state index in [-0.39, 0.29) is 17.6 Å². The van der Waals surface area contributed by atoms with E-state index in [0.29, 0.717) is 29.8 Å². The number of benzene rings is 2. The van der Waals surface area contributed by atoms with Crippen LogP contribution < -0.4 is 9.47 Å². The van der Waals surface area contributed by atoms with Crippen LogP contribution in [0.1, 0.15) is 101 Å². The average molecular weight is 731 g/mol. The summed E-state index contributed by atoms with van der Waals surface area (Å²) in [7, 11) is 0. The zero-order valence-electron chi connectivity index (χ0n) is 30.2. The fourth-order valence-electron chi connectivity index (χ4n) is 7.60. The number of halogens is 3. The van der Waals surface area contributed by atoms with E-state index in [2.05, 4.69) is 38.3 Å². The van der Waals surface area contributed by atoms with E-state index in [1.807, 2.05) is 0 Å². The Morgan fingerprint density at radius 3 is 1.81 bits per heavy atom. The Bertz CT molecular complexity index is 1450. The van der Waals surface area contributed by atoms with E-state index in [0.717, 1.165) is 67.1 Å². The predicted molar refractivity (Wildman–Crippen MR) is 192 cm³/mol. The molecule has 52 heavy (non-hydrogen) atoms. The van der Waals surface area contributed by atoms with Crippen LogP contribution in [0.3, 0.4) is 0 Å². The number of aryl methyl sites for hydroxylation is 1. The van der Waals surface area contributed by atoms with Gasteiger partial charge in [0.2, 0.25) is 13.6 Å². The van der Waals surface area contributed by atoms with Crippen molar-refractivity contribution in [2.24, 2.45) is 17.8 Å². The van der Waals surface area contributed by atoms with Crippen LogP contribution >= 0.6 is 0 Å². The highest BCUT2D eigenvalue weighted by Gasteiger charge is 2.32. The monoisotopic (exact) mass is 730 g/mol. The van der Waals surface area contributed by atoms with Gasteiger partial charge in [0, 0.05) is 12.5 Å². The van der Waals surface area contributed by atoms with Gasteiger partial charge in [-0.2, -0.15) is 13.2 Å². The Morgan fingerprint density at radius 2 is 1.31 bits per heavy atom. The minimum Gasteiger partial charge on any atom is -0.457 e. The average Bonchev–Trinajstić information content (AvgIpc) is 3.15. The Kier molecular flexibility index (Phi) is 15.6. The molecule has 2 aromatic rings. The van der Waals surface area contributed by atoms with Crippen LogP contribution in [0, 0.1) is 17.8 Å². The summed E-state index contributed by atoms with van der Waals surface area (Å²) in [6, 6.07) is 11.7. The molecule has 286 valence electrons. The van der Waals surface area contributed by atoms with Gasteiger partial charge in [-0.1, -0.05) is 64.0 Å². The first-order valence-corrected chi connectivity index (χ1v) is 18.4. The molecule has 0 heterocycles. The first-order valence-electron chi connectivity index (χ1n) is 18.4. The summed E-state index contributed by atoms with van der Waals surface area (Å²) >= 11 is 0. The fraction of sp³-hybridized carbons (Fsp3) is 0.561. The van der Waals surface area contributed by atoms with E-state index in [1.165, 1.54) is 31.2 Å². The molecule has 2 fully saturated rings. The molecular formula is C41H53F3O8. The number of carbonyl (C=O) groups is 2. The molecule has 2 saturated carbocycles. The van der Waals surface area contributed by atoms with Crippen LogP contribution in [0.2, 0.25) is 0 Å². The van der Waals surface area contributed by atoms with Crippen molar-refractivity contribution in [1.82, 2.24) is 0 Å². The predicted octanol–water partition coefficient (Wildman–Crippen LogP) is 8.97. The number of rotatable bonds is 18. The molecule has 11 heteroatoms. The molecule has 0 saturated heterocycles. The molecule has 0 aliphatic heterocycles. The van der Waals surface area contributed by atoms with Gasteiger partial charge in [0.1, 0.15) is 11.5 Å². The number of aliphatic hydroxyl groups is 2. The van der Waals surface area contributed by atoms with Crippen molar-refractivity contribution < 1.29 is 51.9 Å². The number of esters is 2. The third kappa shape index (κ3) is 12.4. The van der Waals surface area contributed by atoms with Crippen molar-refractivity contribution >= 4 is 11.9 Å². The molecule has 4 rings (SSSR count). The fourth-order valence-corrected chi connectivity index (χ4v) is 7.60. The maximum atomic E-state index is 12.5. The Labute approximate surface area is 305 Å². The molecule has 0 aromatic heterocycles. The smallest absolute Gasteiger partial charge is 0.389 e. The number of hydrogen-bond acceptors (Lipinski definition) is 8.